The third-order valence-corrected chi connectivity index (χ3v) is 2.21. The second-order valence-corrected chi connectivity index (χ2v) is 3.96. The van der Waals surface area contributed by atoms with Crippen LogP contribution in [0.1, 0.15) is 26.7 Å². The van der Waals surface area contributed by atoms with Crippen molar-refractivity contribution in [1.82, 2.24) is 0 Å². The molecule has 0 saturated carbocycles. The van der Waals surface area contributed by atoms with E-state index in [0.29, 0.717) is 5.92 Å². The van der Waals surface area contributed by atoms with Gasteiger partial charge in [-0.05, 0) is 32.6 Å². The standard InChI is InChI=1S/C10H16O/c1-4-10(2,3)7-9-5-6-11-8-9/h1,9H,5-8H2,2-3H3/t9-/m1/s1. The Morgan fingerprint density at radius 3 is 2.82 bits per heavy atom. The second-order valence-electron chi connectivity index (χ2n) is 3.96. The molecule has 1 aliphatic heterocycles. The molecule has 0 bridgehead atoms. The van der Waals surface area contributed by atoms with Gasteiger partial charge in [0.25, 0.3) is 0 Å². The molecule has 0 spiro atoms. The Balaban J connectivity index is 2.35. The van der Waals surface area contributed by atoms with Gasteiger partial charge in [-0.25, -0.2) is 0 Å². The van der Waals surface area contributed by atoms with E-state index in [9.17, 15) is 0 Å². The first kappa shape index (κ1) is 8.62. The van der Waals surface area contributed by atoms with Crippen LogP contribution >= 0.6 is 0 Å². The average molecular weight is 152 g/mol. The van der Waals surface area contributed by atoms with Crippen LogP contribution in [0.4, 0.5) is 0 Å². The van der Waals surface area contributed by atoms with Gasteiger partial charge in [-0.1, -0.05) is 0 Å². The summed E-state index contributed by atoms with van der Waals surface area (Å²) < 4.78 is 5.28. The van der Waals surface area contributed by atoms with Gasteiger partial charge in [0.05, 0.1) is 0 Å². The van der Waals surface area contributed by atoms with Gasteiger partial charge >= 0.3 is 0 Å². The van der Waals surface area contributed by atoms with E-state index in [-0.39, 0.29) is 5.41 Å². The molecule has 11 heavy (non-hydrogen) atoms. The van der Waals surface area contributed by atoms with E-state index in [4.69, 9.17) is 11.2 Å². The highest BCUT2D eigenvalue weighted by molar-refractivity contribution is 5.01. The van der Waals surface area contributed by atoms with Crippen LogP contribution in [0.5, 0.6) is 0 Å². The van der Waals surface area contributed by atoms with Crippen molar-refractivity contribution in [2.75, 3.05) is 13.2 Å². The normalized spacial score (nSPS) is 25.0. The quantitative estimate of drug-likeness (QED) is 0.550. The topological polar surface area (TPSA) is 9.23 Å². The molecule has 0 N–H and O–H groups in total. The Kier molecular flexibility index (Phi) is 2.57. The summed E-state index contributed by atoms with van der Waals surface area (Å²) in [4.78, 5) is 0. The summed E-state index contributed by atoms with van der Waals surface area (Å²) in [6.07, 6.45) is 7.68. The molecule has 0 amide bonds. The highest BCUT2D eigenvalue weighted by Gasteiger charge is 2.23. The van der Waals surface area contributed by atoms with Gasteiger partial charge in [0, 0.05) is 18.6 Å². The minimum Gasteiger partial charge on any atom is -0.381 e. The molecule has 0 unspecified atom stereocenters. The molecule has 1 nitrogen and oxygen atoms in total. The van der Waals surface area contributed by atoms with Gasteiger partial charge in [-0.2, -0.15) is 0 Å². The molecule has 0 aromatic carbocycles. The highest BCUT2D eigenvalue weighted by Crippen LogP contribution is 2.28. The third kappa shape index (κ3) is 2.55. The second kappa shape index (κ2) is 3.28. The maximum atomic E-state index is 5.39. The van der Waals surface area contributed by atoms with Gasteiger partial charge in [0.15, 0.2) is 0 Å². The van der Waals surface area contributed by atoms with Crippen molar-refractivity contribution in [3.8, 4) is 12.3 Å². The molecule has 62 valence electrons. The summed E-state index contributed by atoms with van der Waals surface area (Å²) >= 11 is 0. The molecule has 1 fully saturated rings. The maximum Gasteiger partial charge on any atom is 0.0495 e. The monoisotopic (exact) mass is 152 g/mol. The van der Waals surface area contributed by atoms with E-state index in [1.165, 1.54) is 6.42 Å². The Bertz CT molecular complexity index is 158. The summed E-state index contributed by atoms with van der Waals surface area (Å²) in [6.45, 7) is 6.06. The Morgan fingerprint density at radius 1 is 1.64 bits per heavy atom. The van der Waals surface area contributed by atoms with Crippen LogP contribution < -0.4 is 0 Å². The van der Waals surface area contributed by atoms with E-state index in [2.05, 4.69) is 19.8 Å². The van der Waals surface area contributed by atoms with Gasteiger partial charge in [-0.15, -0.1) is 12.3 Å². The molecular formula is C10H16O. The van der Waals surface area contributed by atoms with Crippen LogP contribution in [0.25, 0.3) is 0 Å². The van der Waals surface area contributed by atoms with Crippen molar-refractivity contribution >= 4 is 0 Å². The minimum atomic E-state index is 0.0539. The first-order chi connectivity index (χ1) is 5.14. The zero-order chi connectivity index (χ0) is 8.32. The van der Waals surface area contributed by atoms with Crippen molar-refractivity contribution in [3.05, 3.63) is 0 Å². The van der Waals surface area contributed by atoms with Crippen molar-refractivity contribution in [1.29, 1.82) is 0 Å². The smallest absolute Gasteiger partial charge is 0.0495 e. The molecule has 1 saturated heterocycles. The molecule has 1 heterocycles. The number of ether oxygens (including phenoxy) is 1. The minimum absolute atomic E-state index is 0.0539. The molecule has 1 atom stereocenters. The number of rotatable bonds is 2. The van der Waals surface area contributed by atoms with Crippen LogP contribution in [0, 0.1) is 23.7 Å². The summed E-state index contributed by atoms with van der Waals surface area (Å²) in [6, 6.07) is 0. The fourth-order valence-corrected chi connectivity index (χ4v) is 1.52. The maximum absolute atomic E-state index is 5.39. The fraction of sp³-hybridized carbons (Fsp3) is 0.800. The van der Waals surface area contributed by atoms with Crippen LogP contribution in [-0.2, 0) is 4.74 Å². The van der Waals surface area contributed by atoms with Crippen LogP contribution in [0.3, 0.4) is 0 Å². The predicted octanol–water partition coefficient (Wildman–Crippen LogP) is 2.07. The molecule has 0 radical (unpaired) electrons. The van der Waals surface area contributed by atoms with Gasteiger partial charge in [0.2, 0.25) is 0 Å². The van der Waals surface area contributed by atoms with Gasteiger partial charge in [-0.3, -0.25) is 0 Å². The molecule has 0 aromatic heterocycles. The van der Waals surface area contributed by atoms with Crippen molar-refractivity contribution in [2.45, 2.75) is 26.7 Å². The summed E-state index contributed by atoms with van der Waals surface area (Å²) in [5.41, 5.74) is 0.0539. The first-order valence-electron chi connectivity index (χ1n) is 4.19. The lowest BCUT2D eigenvalue weighted by Crippen LogP contribution is -2.14. The lowest BCUT2D eigenvalue weighted by atomic mass is 9.83. The fourth-order valence-electron chi connectivity index (χ4n) is 1.52. The lowest BCUT2D eigenvalue weighted by molar-refractivity contribution is 0.177. The zero-order valence-electron chi connectivity index (χ0n) is 7.39. The first-order valence-corrected chi connectivity index (χ1v) is 4.19. The Morgan fingerprint density at radius 2 is 2.36 bits per heavy atom. The average Bonchev–Trinajstić information content (AvgIpc) is 2.39. The number of hydrogen-bond acceptors (Lipinski definition) is 1. The predicted molar refractivity (Wildman–Crippen MR) is 46.2 cm³/mol. The van der Waals surface area contributed by atoms with Crippen molar-refractivity contribution in [2.24, 2.45) is 11.3 Å². The van der Waals surface area contributed by atoms with E-state index < -0.39 is 0 Å². The van der Waals surface area contributed by atoms with E-state index in [1.807, 2.05) is 0 Å². The molecular weight excluding hydrogens is 136 g/mol. The Labute approximate surface area is 69.1 Å². The van der Waals surface area contributed by atoms with E-state index >= 15 is 0 Å². The summed E-state index contributed by atoms with van der Waals surface area (Å²) in [5.74, 6) is 3.51. The molecule has 0 aliphatic carbocycles. The number of terminal acetylenes is 1. The van der Waals surface area contributed by atoms with Crippen LogP contribution in [-0.4, -0.2) is 13.2 Å². The third-order valence-electron chi connectivity index (χ3n) is 2.21. The van der Waals surface area contributed by atoms with Crippen LogP contribution in [0.15, 0.2) is 0 Å². The molecule has 1 rings (SSSR count). The molecule has 0 aromatic rings. The van der Waals surface area contributed by atoms with E-state index in [1.54, 1.807) is 0 Å². The van der Waals surface area contributed by atoms with Gasteiger partial charge < -0.3 is 4.74 Å². The van der Waals surface area contributed by atoms with Crippen molar-refractivity contribution in [3.63, 3.8) is 0 Å². The van der Waals surface area contributed by atoms with Crippen LogP contribution in [0.2, 0.25) is 0 Å². The highest BCUT2D eigenvalue weighted by atomic mass is 16.5. The van der Waals surface area contributed by atoms with Gasteiger partial charge in [0.1, 0.15) is 0 Å². The SMILES string of the molecule is C#CC(C)(C)C[C@H]1CCOC1. The lowest BCUT2D eigenvalue weighted by Gasteiger charge is -2.20. The zero-order valence-corrected chi connectivity index (χ0v) is 7.39. The van der Waals surface area contributed by atoms with Crippen molar-refractivity contribution < 1.29 is 4.74 Å². The molecule has 1 aliphatic rings. The summed E-state index contributed by atoms with van der Waals surface area (Å²) in [7, 11) is 0. The van der Waals surface area contributed by atoms with E-state index in [0.717, 1.165) is 19.6 Å². The summed E-state index contributed by atoms with van der Waals surface area (Å²) in [5, 5.41) is 0. The molecule has 1 heteroatoms. The largest absolute Gasteiger partial charge is 0.381 e. The Hall–Kier alpha value is -0.480. The number of hydrogen-bond donors (Lipinski definition) is 0.